The second-order valence-corrected chi connectivity index (χ2v) is 8.20. The van der Waals surface area contributed by atoms with Crippen LogP contribution < -0.4 is 15.5 Å². The molecule has 0 saturated heterocycles. The van der Waals surface area contributed by atoms with Crippen LogP contribution in [0.25, 0.3) is 0 Å². The third kappa shape index (κ3) is 8.13. The number of ether oxygens (including phenoxy) is 2. The molecular formula is C24H27N5O4. The minimum atomic E-state index is -0.904. The number of hydrogen-bond acceptors (Lipinski definition) is 6. The molecule has 0 aliphatic rings. The molecule has 9 heteroatoms. The van der Waals surface area contributed by atoms with Crippen molar-refractivity contribution in [1.82, 2.24) is 20.7 Å². The van der Waals surface area contributed by atoms with Crippen LogP contribution in [0.3, 0.4) is 0 Å². The minimum absolute atomic E-state index is 0.201. The summed E-state index contributed by atoms with van der Waals surface area (Å²) in [5, 5.41) is 6.58. The topological polar surface area (TPSA) is 118 Å². The van der Waals surface area contributed by atoms with E-state index in [1.807, 2.05) is 42.5 Å². The first-order chi connectivity index (χ1) is 15.8. The number of carbonyl (C=O) groups excluding carboxylic acids is 2. The van der Waals surface area contributed by atoms with E-state index in [2.05, 4.69) is 25.8 Å². The molecule has 3 rings (SSSR count). The Bertz CT molecular complexity index is 1060. The van der Waals surface area contributed by atoms with Gasteiger partial charge in [-0.15, -0.1) is 0 Å². The van der Waals surface area contributed by atoms with E-state index in [9.17, 15) is 9.59 Å². The Balaban J connectivity index is 1.58. The molecule has 1 aromatic heterocycles. The van der Waals surface area contributed by atoms with Crippen molar-refractivity contribution in [3.63, 3.8) is 0 Å². The summed E-state index contributed by atoms with van der Waals surface area (Å²) in [4.78, 5) is 31.7. The molecule has 0 aliphatic heterocycles. The molecule has 33 heavy (non-hydrogen) atoms. The largest absolute Gasteiger partial charge is 0.457 e. The fourth-order valence-electron chi connectivity index (χ4n) is 2.77. The van der Waals surface area contributed by atoms with Crippen LogP contribution in [0.5, 0.6) is 11.5 Å². The molecule has 2 aromatic carbocycles. The van der Waals surface area contributed by atoms with E-state index >= 15 is 0 Å². The number of H-pyrrole nitrogens is 1. The van der Waals surface area contributed by atoms with E-state index < -0.39 is 23.6 Å². The molecule has 3 aromatic rings. The number of aromatic amines is 1. The number of hydrazone groups is 1. The molecule has 1 heterocycles. The van der Waals surface area contributed by atoms with Crippen LogP contribution in [-0.4, -0.2) is 39.8 Å². The lowest BCUT2D eigenvalue weighted by Gasteiger charge is -2.22. The molecule has 0 radical (unpaired) electrons. The van der Waals surface area contributed by atoms with Crippen LogP contribution in [0, 0.1) is 0 Å². The highest BCUT2D eigenvalue weighted by molar-refractivity contribution is 5.87. The zero-order valence-corrected chi connectivity index (χ0v) is 18.7. The third-order valence-electron chi connectivity index (χ3n) is 4.23. The first-order valence-electron chi connectivity index (χ1n) is 10.4. The standard InChI is InChI=1S/C24H27N5O4/c1-24(2,3)33-23(31)28-21(13-18-15-25-16-26-18)22(30)29-27-14-17-9-11-20(12-10-17)32-19-7-5-4-6-8-19/h4-12,14-16,21H,13H2,1-3H3,(H,25,26)(H,28,31)(H,29,30)/b27-14+. The van der Waals surface area contributed by atoms with Crippen molar-refractivity contribution in [1.29, 1.82) is 0 Å². The summed E-state index contributed by atoms with van der Waals surface area (Å²) in [5.41, 5.74) is 3.22. The summed E-state index contributed by atoms with van der Waals surface area (Å²) in [6.45, 7) is 5.24. The molecule has 0 fully saturated rings. The molecule has 0 bridgehead atoms. The van der Waals surface area contributed by atoms with E-state index in [1.54, 1.807) is 39.1 Å². The second kappa shape index (κ2) is 10.9. The quantitative estimate of drug-likeness (QED) is 0.357. The van der Waals surface area contributed by atoms with Crippen LogP contribution >= 0.6 is 0 Å². The van der Waals surface area contributed by atoms with Crippen LogP contribution in [0.4, 0.5) is 4.79 Å². The number of nitrogens with zero attached hydrogens (tertiary/aromatic N) is 2. The van der Waals surface area contributed by atoms with Crippen molar-refractivity contribution in [2.24, 2.45) is 5.10 Å². The number of imidazole rings is 1. The zero-order valence-electron chi connectivity index (χ0n) is 18.7. The number of alkyl carbamates (subject to hydrolysis) is 1. The Labute approximate surface area is 192 Å². The molecule has 1 unspecified atom stereocenters. The summed E-state index contributed by atoms with van der Waals surface area (Å²) >= 11 is 0. The van der Waals surface area contributed by atoms with Gasteiger partial charge in [0.2, 0.25) is 0 Å². The van der Waals surface area contributed by atoms with Gasteiger partial charge in [-0.3, -0.25) is 4.79 Å². The second-order valence-electron chi connectivity index (χ2n) is 8.20. The highest BCUT2D eigenvalue weighted by Gasteiger charge is 2.25. The average molecular weight is 450 g/mol. The summed E-state index contributed by atoms with van der Waals surface area (Å²) in [6, 6.07) is 15.8. The number of amides is 2. The van der Waals surface area contributed by atoms with Gasteiger partial charge in [-0.05, 0) is 62.7 Å². The Morgan fingerprint density at radius 3 is 2.42 bits per heavy atom. The van der Waals surface area contributed by atoms with Crippen molar-refractivity contribution in [2.45, 2.75) is 38.8 Å². The minimum Gasteiger partial charge on any atom is -0.457 e. The lowest BCUT2D eigenvalue weighted by atomic mass is 10.1. The Hall–Kier alpha value is -4.14. The smallest absolute Gasteiger partial charge is 0.408 e. The van der Waals surface area contributed by atoms with Gasteiger partial charge in [0.1, 0.15) is 23.1 Å². The van der Waals surface area contributed by atoms with Gasteiger partial charge < -0.3 is 19.8 Å². The Morgan fingerprint density at radius 2 is 1.79 bits per heavy atom. The monoisotopic (exact) mass is 449 g/mol. The Morgan fingerprint density at radius 1 is 1.09 bits per heavy atom. The molecule has 1 atom stereocenters. The van der Waals surface area contributed by atoms with E-state index in [-0.39, 0.29) is 6.42 Å². The van der Waals surface area contributed by atoms with Crippen LogP contribution in [0.2, 0.25) is 0 Å². The highest BCUT2D eigenvalue weighted by Crippen LogP contribution is 2.20. The lowest BCUT2D eigenvalue weighted by molar-refractivity contribution is -0.123. The molecule has 0 aliphatic carbocycles. The van der Waals surface area contributed by atoms with Crippen molar-refractivity contribution in [2.75, 3.05) is 0 Å². The first-order valence-corrected chi connectivity index (χ1v) is 10.4. The molecular weight excluding hydrogens is 422 g/mol. The van der Waals surface area contributed by atoms with E-state index in [4.69, 9.17) is 9.47 Å². The van der Waals surface area contributed by atoms with Crippen molar-refractivity contribution in [3.05, 3.63) is 78.4 Å². The number of hydrogen-bond donors (Lipinski definition) is 3. The fourth-order valence-corrected chi connectivity index (χ4v) is 2.77. The Kier molecular flexibility index (Phi) is 7.80. The predicted molar refractivity (Wildman–Crippen MR) is 124 cm³/mol. The summed E-state index contributed by atoms with van der Waals surface area (Å²) in [5.74, 6) is 0.936. The van der Waals surface area contributed by atoms with Crippen molar-refractivity contribution < 1.29 is 19.1 Å². The summed E-state index contributed by atoms with van der Waals surface area (Å²) in [6.07, 6.45) is 4.09. The number of para-hydroxylation sites is 1. The van der Waals surface area contributed by atoms with Gasteiger partial charge >= 0.3 is 6.09 Å². The summed E-state index contributed by atoms with van der Waals surface area (Å²) < 4.78 is 11.0. The molecule has 0 spiro atoms. The normalized spacial score (nSPS) is 12.2. The van der Waals surface area contributed by atoms with Gasteiger partial charge in [0, 0.05) is 18.3 Å². The average Bonchev–Trinajstić information content (AvgIpc) is 3.27. The molecule has 3 N–H and O–H groups in total. The molecule has 2 amide bonds. The number of carbonyl (C=O) groups is 2. The first kappa shape index (κ1) is 23.5. The lowest BCUT2D eigenvalue weighted by Crippen LogP contribution is -2.48. The number of nitrogens with one attached hydrogen (secondary N) is 3. The molecule has 9 nitrogen and oxygen atoms in total. The molecule has 172 valence electrons. The number of rotatable bonds is 8. The number of aromatic nitrogens is 2. The maximum Gasteiger partial charge on any atom is 0.408 e. The van der Waals surface area contributed by atoms with Gasteiger partial charge in [-0.25, -0.2) is 15.2 Å². The van der Waals surface area contributed by atoms with Crippen molar-refractivity contribution >= 4 is 18.2 Å². The van der Waals surface area contributed by atoms with Gasteiger partial charge in [-0.1, -0.05) is 18.2 Å². The SMILES string of the molecule is CC(C)(C)OC(=O)NC(Cc1cnc[nH]1)C(=O)N/N=C/c1ccc(Oc2ccccc2)cc1. The zero-order chi connectivity index (χ0) is 23.7. The van der Waals surface area contributed by atoms with Gasteiger partial charge in [-0.2, -0.15) is 5.10 Å². The maximum atomic E-state index is 12.7. The summed E-state index contributed by atoms with van der Waals surface area (Å²) in [7, 11) is 0. The predicted octanol–water partition coefficient (Wildman–Crippen LogP) is 3.79. The number of benzene rings is 2. The van der Waals surface area contributed by atoms with Crippen LogP contribution in [-0.2, 0) is 16.0 Å². The van der Waals surface area contributed by atoms with Gasteiger partial charge in [0.25, 0.3) is 5.91 Å². The maximum absolute atomic E-state index is 12.7. The van der Waals surface area contributed by atoms with Gasteiger partial charge in [0.15, 0.2) is 0 Å². The van der Waals surface area contributed by atoms with E-state index in [0.29, 0.717) is 11.4 Å². The van der Waals surface area contributed by atoms with Crippen LogP contribution in [0.1, 0.15) is 32.0 Å². The van der Waals surface area contributed by atoms with Gasteiger partial charge in [0.05, 0.1) is 12.5 Å². The third-order valence-corrected chi connectivity index (χ3v) is 4.23. The van der Waals surface area contributed by atoms with Crippen LogP contribution in [0.15, 0.2) is 72.2 Å². The fraction of sp³-hybridized carbons (Fsp3) is 0.250. The van der Waals surface area contributed by atoms with E-state index in [0.717, 1.165) is 11.3 Å². The van der Waals surface area contributed by atoms with Crippen molar-refractivity contribution in [3.8, 4) is 11.5 Å². The van der Waals surface area contributed by atoms with E-state index in [1.165, 1.54) is 12.5 Å². The highest BCUT2D eigenvalue weighted by atomic mass is 16.6. The molecule has 0 saturated carbocycles.